The van der Waals surface area contributed by atoms with E-state index in [2.05, 4.69) is 62.4 Å². The molecule has 0 aliphatic rings. The van der Waals surface area contributed by atoms with Gasteiger partial charge in [-0.2, -0.15) is 0 Å². The first-order chi connectivity index (χ1) is 12.1. The summed E-state index contributed by atoms with van der Waals surface area (Å²) in [7, 11) is 0. The van der Waals surface area contributed by atoms with Gasteiger partial charge in [0.2, 0.25) is 0 Å². The van der Waals surface area contributed by atoms with Gasteiger partial charge in [0.25, 0.3) is 0 Å². The van der Waals surface area contributed by atoms with Gasteiger partial charge in [-0.25, -0.2) is 9.97 Å². The van der Waals surface area contributed by atoms with Crippen molar-refractivity contribution in [3.05, 3.63) is 82.9 Å². The van der Waals surface area contributed by atoms with Crippen LogP contribution >= 0.6 is 11.6 Å². The van der Waals surface area contributed by atoms with Crippen molar-refractivity contribution in [2.45, 2.75) is 13.8 Å². The highest BCUT2D eigenvalue weighted by molar-refractivity contribution is 6.31. The highest BCUT2D eigenvalue weighted by Gasteiger charge is 2.13. The number of fused-ring (bicyclic) bond motifs is 1. The van der Waals surface area contributed by atoms with Crippen LogP contribution in [-0.4, -0.2) is 9.97 Å². The number of aryl methyl sites for hydroxylation is 2. The number of rotatable bonds is 2. The minimum atomic E-state index is 0.666. The van der Waals surface area contributed by atoms with Crippen LogP contribution in [0.2, 0.25) is 5.02 Å². The van der Waals surface area contributed by atoms with E-state index in [-0.39, 0.29) is 0 Å². The number of halogens is 1. The van der Waals surface area contributed by atoms with E-state index in [0.29, 0.717) is 5.02 Å². The van der Waals surface area contributed by atoms with Gasteiger partial charge < -0.3 is 0 Å². The lowest BCUT2D eigenvalue weighted by Crippen LogP contribution is -1.95. The van der Waals surface area contributed by atoms with Gasteiger partial charge >= 0.3 is 0 Å². The van der Waals surface area contributed by atoms with E-state index < -0.39 is 0 Å². The van der Waals surface area contributed by atoms with Gasteiger partial charge in [0.05, 0.1) is 22.4 Å². The number of benzene rings is 3. The molecule has 122 valence electrons. The van der Waals surface area contributed by atoms with Crippen molar-refractivity contribution in [2.75, 3.05) is 0 Å². The summed E-state index contributed by atoms with van der Waals surface area (Å²) in [5.74, 6) is 0. The third-order valence-corrected chi connectivity index (χ3v) is 4.51. The zero-order valence-corrected chi connectivity index (χ0v) is 14.9. The lowest BCUT2D eigenvalue weighted by Gasteiger charge is -2.11. The predicted molar refractivity (Wildman–Crippen MR) is 105 cm³/mol. The average Bonchev–Trinajstić information content (AvgIpc) is 2.62. The predicted octanol–water partition coefficient (Wildman–Crippen LogP) is 6.23. The van der Waals surface area contributed by atoms with Gasteiger partial charge in [0, 0.05) is 16.1 Å². The van der Waals surface area contributed by atoms with Crippen LogP contribution < -0.4 is 0 Å². The third-order valence-electron chi connectivity index (χ3n) is 4.28. The minimum Gasteiger partial charge on any atom is -0.244 e. The topological polar surface area (TPSA) is 25.8 Å². The molecule has 4 rings (SSSR count). The molecule has 0 saturated carbocycles. The summed E-state index contributed by atoms with van der Waals surface area (Å²) in [6.07, 6.45) is 0. The fraction of sp³-hybridized carbons (Fsp3) is 0.0909. The molecule has 2 nitrogen and oxygen atoms in total. The molecule has 1 heterocycles. The van der Waals surface area contributed by atoms with Crippen LogP contribution in [-0.2, 0) is 0 Å². The average molecular weight is 345 g/mol. The number of nitrogens with zero attached hydrogens (tertiary/aromatic N) is 2. The molecule has 0 fully saturated rings. The molecule has 4 aromatic rings. The molecule has 0 amide bonds. The Bertz CT molecular complexity index is 1050. The number of hydrogen-bond donors (Lipinski definition) is 0. The maximum absolute atomic E-state index is 6.14. The van der Waals surface area contributed by atoms with Crippen LogP contribution in [0.1, 0.15) is 11.1 Å². The highest BCUT2D eigenvalue weighted by atomic mass is 35.5. The van der Waals surface area contributed by atoms with Crippen LogP contribution in [0.5, 0.6) is 0 Å². The van der Waals surface area contributed by atoms with E-state index in [1.165, 1.54) is 11.1 Å². The maximum Gasteiger partial charge on any atom is 0.0973 e. The summed E-state index contributed by atoms with van der Waals surface area (Å²) >= 11 is 6.14. The van der Waals surface area contributed by atoms with Gasteiger partial charge in [-0.15, -0.1) is 0 Å². The summed E-state index contributed by atoms with van der Waals surface area (Å²) in [6, 6.07) is 22.4. The van der Waals surface area contributed by atoms with Crippen molar-refractivity contribution < 1.29 is 0 Å². The van der Waals surface area contributed by atoms with E-state index in [1.54, 1.807) is 0 Å². The first-order valence-corrected chi connectivity index (χ1v) is 8.59. The molecular weight excluding hydrogens is 328 g/mol. The smallest absolute Gasteiger partial charge is 0.0973 e. The van der Waals surface area contributed by atoms with Crippen LogP contribution in [0.4, 0.5) is 0 Å². The SMILES string of the molecule is Cc1ccc(-c2nc3ccc(Cl)cc3nc2-c2ccc(C)cc2)cc1. The molecule has 0 N–H and O–H groups in total. The molecule has 0 bridgehead atoms. The van der Waals surface area contributed by atoms with Crippen molar-refractivity contribution in [1.82, 2.24) is 9.97 Å². The van der Waals surface area contributed by atoms with Crippen LogP contribution in [0.25, 0.3) is 33.5 Å². The molecule has 1 aromatic heterocycles. The maximum atomic E-state index is 6.14. The molecule has 0 radical (unpaired) electrons. The first-order valence-electron chi connectivity index (χ1n) is 8.21. The fourth-order valence-corrected chi connectivity index (χ4v) is 3.02. The lowest BCUT2D eigenvalue weighted by molar-refractivity contribution is 1.29. The second-order valence-electron chi connectivity index (χ2n) is 6.29. The Morgan fingerprint density at radius 1 is 0.600 bits per heavy atom. The van der Waals surface area contributed by atoms with Crippen molar-refractivity contribution in [2.24, 2.45) is 0 Å². The van der Waals surface area contributed by atoms with E-state index in [9.17, 15) is 0 Å². The standard InChI is InChI=1S/C22H17ClN2/c1-14-3-7-16(8-4-14)21-22(17-9-5-15(2)6-10-17)25-20-13-18(23)11-12-19(20)24-21/h3-13H,1-2H3. The number of hydrogen-bond acceptors (Lipinski definition) is 2. The van der Waals surface area contributed by atoms with Crippen LogP contribution in [0.15, 0.2) is 66.7 Å². The van der Waals surface area contributed by atoms with Crippen LogP contribution in [0, 0.1) is 13.8 Å². The third kappa shape index (κ3) is 3.13. The number of aromatic nitrogens is 2. The summed E-state index contributed by atoms with van der Waals surface area (Å²) in [5.41, 5.74) is 7.96. The largest absolute Gasteiger partial charge is 0.244 e. The second kappa shape index (κ2) is 6.30. The summed E-state index contributed by atoms with van der Waals surface area (Å²) in [6.45, 7) is 4.16. The normalized spacial score (nSPS) is 11.0. The molecule has 0 aliphatic carbocycles. The molecular formula is C22H17ClN2. The fourth-order valence-electron chi connectivity index (χ4n) is 2.85. The molecule has 0 atom stereocenters. The van der Waals surface area contributed by atoms with E-state index in [4.69, 9.17) is 21.6 Å². The zero-order valence-electron chi connectivity index (χ0n) is 14.1. The molecule has 25 heavy (non-hydrogen) atoms. The molecule has 0 saturated heterocycles. The summed E-state index contributed by atoms with van der Waals surface area (Å²) in [5, 5.41) is 0.666. The molecule has 0 aliphatic heterocycles. The van der Waals surface area contributed by atoms with Crippen molar-refractivity contribution in [3.8, 4) is 22.5 Å². The summed E-state index contributed by atoms with van der Waals surface area (Å²) < 4.78 is 0. The zero-order chi connectivity index (χ0) is 17.4. The quantitative estimate of drug-likeness (QED) is 0.430. The minimum absolute atomic E-state index is 0.666. The first kappa shape index (κ1) is 15.8. The van der Waals surface area contributed by atoms with Crippen LogP contribution in [0.3, 0.4) is 0 Å². The van der Waals surface area contributed by atoms with Gasteiger partial charge in [0.1, 0.15) is 0 Å². The highest BCUT2D eigenvalue weighted by Crippen LogP contribution is 2.32. The second-order valence-corrected chi connectivity index (χ2v) is 6.72. The molecule has 3 heteroatoms. The van der Waals surface area contributed by atoms with Crippen molar-refractivity contribution in [3.63, 3.8) is 0 Å². The molecule has 0 unspecified atom stereocenters. The van der Waals surface area contributed by atoms with Gasteiger partial charge in [-0.3, -0.25) is 0 Å². The van der Waals surface area contributed by atoms with Crippen molar-refractivity contribution >= 4 is 22.6 Å². The van der Waals surface area contributed by atoms with E-state index >= 15 is 0 Å². The van der Waals surface area contributed by atoms with E-state index in [1.807, 2.05) is 18.2 Å². The van der Waals surface area contributed by atoms with E-state index in [0.717, 1.165) is 33.5 Å². The Kier molecular flexibility index (Phi) is 3.98. The van der Waals surface area contributed by atoms with Gasteiger partial charge in [0.15, 0.2) is 0 Å². The molecule has 0 spiro atoms. The Hall–Kier alpha value is -2.71. The van der Waals surface area contributed by atoms with Gasteiger partial charge in [-0.1, -0.05) is 71.3 Å². The monoisotopic (exact) mass is 344 g/mol. The summed E-state index contributed by atoms with van der Waals surface area (Å²) in [4.78, 5) is 9.78. The Morgan fingerprint density at radius 3 is 1.60 bits per heavy atom. The lowest BCUT2D eigenvalue weighted by atomic mass is 10.0. The van der Waals surface area contributed by atoms with Crippen molar-refractivity contribution in [1.29, 1.82) is 0 Å². The Labute approximate surface area is 152 Å². The van der Waals surface area contributed by atoms with Gasteiger partial charge in [-0.05, 0) is 32.0 Å². The Morgan fingerprint density at radius 2 is 1.08 bits per heavy atom. The Balaban J connectivity index is 2.01. The molecule has 3 aromatic carbocycles.